The lowest BCUT2D eigenvalue weighted by Crippen LogP contribution is -2.39. The van der Waals surface area contributed by atoms with Crippen molar-refractivity contribution in [3.63, 3.8) is 0 Å². The molecule has 3 rings (SSSR count). The Hall–Kier alpha value is -2.70. The zero-order valence-electron chi connectivity index (χ0n) is 13.1. The Bertz CT molecular complexity index is 1220. The van der Waals surface area contributed by atoms with Gasteiger partial charge in [-0.05, 0) is 12.2 Å². The van der Waals surface area contributed by atoms with Crippen LogP contribution in [-0.4, -0.2) is 19.3 Å². The molecule has 0 saturated heterocycles. The van der Waals surface area contributed by atoms with E-state index in [9.17, 15) is 26.4 Å². The molecular weight excluding hydrogens is 405 g/mol. The van der Waals surface area contributed by atoms with Crippen molar-refractivity contribution in [1.82, 2.24) is 0 Å². The van der Waals surface area contributed by atoms with Gasteiger partial charge in [-0.15, -0.1) is 0 Å². The monoisotopic (exact) mass is 414 g/mol. The van der Waals surface area contributed by atoms with E-state index in [0.717, 1.165) is 0 Å². The van der Waals surface area contributed by atoms with Gasteiger partial charge >= 0.3 is 6.18 Å². The zero-order valence-corrected chi connectivity index (χ0v) is 14.7. The summed E-state index contributed by atoms with van der Waals surface area (Å²) >= 11 is 4.76. The van der Waals surface area contributed by atoms with E-state index in [-0.39, 0.29) is 5.56 Å². The summed E-state index contributed by atoms with van der Waals surface area (Å²) in [5.74, 6) is -1.12. The number of carbonyl (C=O) groups is 1. The number of nitrogen functional groups attached to an aromatic ring is 1. The number of benzene rings is 2. The maximum atomic E-state index is 13.8. The standard InChI is InChI=1S/C15H9F3N4O3S2/c16-15(17,18)8-7(12(23)6-4-2-1-3-5-6)10-11(22-14(26)21-10)9(19)13(8)27(20,24)25/h1-5H,19H2,(H2,20,24,25). The van der Waals surface area contributed by atoms with Crippen LogP contribution < -0.4 is 21.6 Å². The van der Waals surface area contributed by atoms with Gasteiger partial charge in [0.1, 0.15) is 15.6 Å². The maximum absolute atomic E-state index is 13.8. The Morgan fingerprint density at radius 1 is 1.07 bits per heavy atom. The fourth-order valence-electron chi connectivity index (χ4n) is 2.68. The van der Waals surface area contributed by atoms with Gasteiger partial charge in [0.05, 0.1) is 16.8 Å². The molecule has 0 unspecified atom stereocenters. The first-order chi connectivity index (χ1) is 12.4. The highest BCUT2D eigenvalue weighted by atomic mass is 32.2. The van der Waals surface area contributed by atoms with E-state index in [2.05, 4.69) is 9.98 Å². The molecule has 1 aliphatic rings. The third-order valence-electron chi connectivity index (χ3n) is 3.68. The lowest BCUT2D eigenvalue weighted by Gasteiger charge is -2.17. The molecule has 2 aromatic rings. The predicted octanol–water partition coefficient (Wildman–Crippen LogP) is 0.704. The summed E-state index contributed by atoms with van der Waals surface area (Å²) in [6.45, 7) is 0. The molecule has 0 spiro atoms. The van der Waals surface area contributed by atoms with Crippen molar-refractivity contribution in [3.8, 4) is 0 Å². The van der Waals surface area contributed by atoms with Gasteiger partial charge < -0.3 is 5.73 Å². The number of alkyl halides is 3. The molecule has 140 valence electrons. The molecule has 0 bridgehead atoms. The number of ketones is 1. The van der Waals surface area contributed by atoms with Crippen molar-refractivity contribution >= 4 is 38.8 Å². The summed E-state index contributed by atoms with van der Waals surface area (Å²) in [6, 6.07) is 6.97. The second kappa shape index (κ2) is 6.18. The molecule has 12 heteroatoms. The Labute approximate surface area is 155 Å². The molecule has 2 aromatic carbocycles. The number of hydrogen-bond acceptors (Lipinski definition) is 5. The van der Waals surface area contributed by atoms with Gasteiger partial charge in [-0.2, -0.15) is 13.2 Å². The van der Waals surface area contributed by atoms with Crippen LogP contribution in [0.5, 0.6) is 0 Å². The number of nitrogens with zero attached hydrogens (tertiary/aromatic N) is 2. The summed E-state index contributed by atoms with van der Waals surface area (Å²) in [4.78, 5) is 18.8. The fourth-order valence-corrected chi connectivity index (χ4v) is 3.77. The summed E-state index contributed by atoms with van der Waals surface area (Å²) in [5, 5.41) is 3.61. The van der Waals surface area contributed by atoms with E-state index >= 15 is 0 Å². The third kappa shape index (κ3) is 3.22. The number of anilines is 1. The number of hydrogen-bond donors (Lipinski definition) is 2. The third-order valence-corrected chi connectivity index (χ3v) is 4.86. The van der Waals surface area contributed by atoms with Gasteiger partial charge in [-0.25, -0.2) is 23.5 Å². The molecule has 27 heavy (non-hydrogen) atoms. The lowest BCUT2D eigenvalue weighted by molar-refractivity contribution is -0.140. The van der Waals surface area contributed by atoms with Crippen LogP contribution >= 0.6 is 12.2 Å². The molecule has 0 saturated carbocycles. The first kappa shape index (κ1) is 19.1. The van der Waals surface area contributed by atoms with Crippen molar-refractivity contribution in [2.45, 2.75) is 11.1 Å². The smallest absolute Gasteiger partial charge is 0.396 e. The van der Waals surface area contributed by atoms with Crippen LogP contribution in [0.25, 0.3) is 0 Å². The molecule has 0 aromatic heterocycles. The number of nitrogens with two attached hydrogens (primary N) is 2. The average molecular weight is 414 g/mol. The zero-order chi connectivity index (χ0) is 20.1. The van der Waals surface area contributed by atoms with E-state index in [0.29, 0.717) is 0 Å². The molecule has 0 amide bonds. The number of primary sulfonamides is 1. The molecule has 1 heterocycles. The lowest BCUT2D eigenvalue weighted by atomic mass is 9.96. The van der Waals surface area contributed by atoms with Crippen molar-refractivity contribution < 1.29 is 26.4 Å². The highest BCUT2D eigenvalue weighted by molar-refractivity contribution is 7.89. The van der Waals surface area contributed by atoms with E-state index in [1.807, 2.05) is 0 Å². The normalized spacial score (nSPS) is 13.7. The van der Waals surface area contributed by atoms with Crippen LogP contribution in [0, 0.1) is 0 Å². The van der Waals surface area contributed by atoms with Crippen LogP contribution in [0.1, 0.15) is 21.5 Å². The number of fused-ring (bicyclic) bond motifs is 1. The van der Waals surface area contributed by atoms with Crippen molar-refractivity contribution in [2.75, 3.05) is 5.73 Å². The Morgan fingerprint density at radius 2 is 1.63 bits per heavy atom. The minimum absolute atomic E-state index is 0.122. The quantitative estimate of drug-likeness (QED) is 0.434. The van der Waals surface area contributed by atoms with Gasteiger partial charge in [0.15, 0.2) is 5.78 Å². The van der Waals surface area contributed by atoms with Crippen molar-refractivity contribution in [2.24, 2.45) is 15.1 Å². The minimum atomic E-state index is -5.27. The number of thiocarbonyl (C=S) groups is 1. The molecule has 0 atom stereocenters. The van der Waals surface area contributed by atoms with Crippen LogP contribution in [0.4, 0.5) is 18.9 Å². The van der Waals surface area contributed by atoms with Gasteiger partial charge in [-0.3, -0.25) is 4.79 Å². The van der Waals surface area contributed by atoms with Crippen molar-refractivity contribution in [3.05, 3.63) is 57.7 Å². The second-order valence-electron chi connectivity index (χ2n) is 5.43. The van der Waals surface area contributed by atoms with Gasteiger partial charge in [0.2, 0.25) is 15.1 Å². The van der Waals surface area contributed by atoms with Crippen LogP contribution in [0.15, 0.2) is 45.2 Å². The molecule has 0 fully saturated rings. The Kier molecular flexibility index (Phi) is 4.37. The van der Waals surface area contributed by atoms with E-state index in [1.54, 1.807) is 6.07 Å². The van der Waals surface area contributed by atoms with Gasteiger partial charge in [0, 0.05) is 5.56 Å². The van der Waals surface area contributed by atoms with E-state index in [1.165, 1.54) is 24.3 Å². The molecular formula is C15H9F3N4O3S2. The fraction of sp³-hybridized carbons (Fsp3) is 0.0667. The van der Waals surface area contributed by atoms with Crippen LogP contribution in [0.2, 0.25) is 0 Å². The number of halogens is 3. The predicted molar refractivity (Wildman–Crippen MR) is 92.0 cm³/mol. The highest BCUT2D eigenvalue weighted by Crippen LogP contribution is 2.37. The number of sulfonamides is 1. The molecule has 1 aliphatic heterocycles. The Morgan fingerprint density at radius 3 is 2.15 bits per heavy atom. The van der Waals surface area contributed by atoms with E-state index in [4.69, 9.17) is 23.1 Å². The minimum Gasteiger partial charge on any atom is -0.396 e. The first-order valence-corrected chi connectivity index (χ1v) is 9.05. The van der Waals surface area contributed by atoms with Gasteiger partial charge in [-0.1, -0.05) is 30.3 Å². The average Bonchev–Trinajstić information content (AvgIpc) is 2.94. The van der Waals surface area contributed by atoms with Crippen LogP contribution in [0.3, 0.4) is 0 Å². The molecule has 0 radical (unpaired) electrons. The van der Waals surface area contributed by atoms with Crippen LogP contribution in [-0.2, 0) is 16.2 Å². The molecule has 7 nitrogen and oxygen atoms in total. The molecule has 0 aliphatic carbocycles. The van der Waals surface area contributed by atoms with Gasteiger partial charge in [0.25, 0.3) is 0 Å². The number of carbonyl (C=O) groups excluding carboxylic acids is 1. The first-order valence-electron chi connectivity index (χ1n) is 7.09. The van der Waals surface area contributed by atoms with Crippen molar-refractivity contribution in [1.29, 1.82) is 0 Å². The summed E-state index contributed by atoms with van der Waals surface area (Å²) in [7, 11) is -4.97. The maximum Gasteiger partial charge on any atom is 0.418 e. The number of rotatable bonds is 3. The molecule has 4 N–H and O–H groups in total. The SMILES string of the molecule is Nc1c(S(N)(=O)=O)c(C(F)(F)F)c(C(=O)c2ccccc2)c2c1=NC(=S)N=2. The summed E-state index contributed by atoms with van der Waals surface area (Å²) in [6.07, 6.45) is -5.27. The second-order valence-corrected chi connectivity index (χ2v) is 7.30. The van der Waals surface area contributed by atoms with E-state index < -0.39 is 59.5 Å². The summed E-state index contributed by atoms with van der Waals surface area (Å²) < 4.78 is 65.3. The topological polar surface area (TPSA) is 128 Å². The Balaban J connectivity index is 2.60. The summed E-state index contributed by atoms with van der Waals surface area (Å²) in [5.41, 5.74) is 1.80. The highest BCUT2D eigenvalue weighted by Gasteiger charge is 2.44. The largest absolute Gasteiger partial charge is 0.418 e.